The molecule has 0 N–H and O–H groups in total. The largest absolute Gasteiger partial charge is 0.497 e. The summed E-state index contributed by atoms with van der Waals surface area (Å²) in [6.45, 7) is 3.31. The molecule has 19 heavy (non-hydrogen) atoms. The Kier molecular flexibility index (Phi) is 7.16. The van der Waals surface area contributed by atoms with Gasteiger partial charge in [-0.3, -0.25) is 0 Å². The lowest BCUT2D eigenvalue weighted by atomic mass is 10.1. The molecule has 1 aromatic rings. The van der Waals surface area contributed by atoms with Gasteiger partial charge in [-0.25, -0.2) is 0 Å². The molecule has 0 aliphatic rings. The predicted molar refractivity (Wildman–Crippen MR) is 81.6 cm³/mol. The Morgan fingerprint density at radius 2 is 1.47 bits per heavy atom. The highest BCUT2D eigenvalue weighted by atomic mass is 16.5. The molecule has 0 saturated carbocycles. The minimum Gasteiger partial charge on any atom is -0.497 e. The van der Waals surface area contributed by atoms with E-state index in [9.17, 15) is 0 Å². The molecule has 0 aliphatic heterocycles. The number of methoxy groups -OCH3 is 2. The van der Waals surface area contributed by atoms with E-state index in [0.717, 1.165) is 23.7 Å². The lowest BCUT2D eigenvalue weighted by Crippen LogP contribution is -2.18. The number of hydrogen-bond donors (Lipinski definition) is 0. The Bertz CT molecular complexity index is 344. The fourth-order valence-electron chi connectivity index (χ4n) is 2.09. The van der Waals surface area contributed by atoms with Crippen LogP contribution < -0.4 is 14.4 Å². The maximum Gasteiger partial charge on any atom is 0.124 e. The summed E-state index contributed by atoms with van der Waals surface area (Å²) in [5.41, 5.74) is 1.15. The zero-order chi connectivity index (χ0) is 14.1. The summed E-state index contributed by atoms with van der Waals surface area (Å²) in [5, 5.41) is 0. The summed E-state index contributed by atoms with van der Waals surface area (Å²) < 4.78 is 10.6. The molecule has 0 amide bonds. The third-order valence-corrected chi connectivity index (χ3v) is 3.37. The first-order valence-electron chi connectivity index (χ1n) is 7.15. The van der Waals surface area contributed by atoms with E-state index in [2.05, 4.69) is 31.0 Å². The predicted octanol–water partition coefficient (Wildman–Crippen LogP) is 4.11. The van der Waals surface area contributed by atoms with Gasteiger partial charge in [0, 0.05) is 37.5 Å². The molecule has 0 aromatic heterocycles. The van der Waals surface area contributed by atoms with Gasteiger partial charge in [0.1, 0.15) is 11.5 Å². The van der Waals surface area contributed by atoms with Crippen LogP contribution in [0.15, 0.2) is 18.2 Å². The van der Waals surface area contributed by atoms with E-state index in [0.29, 0.717) is 0 Å². The van der Waals surface area contributed by atoms with Crippen molar-refractivity contribution in [2.24, 2.45) is 0 Å². The molecule has 0 unspecified atom stereocenters. The maximum atomic E-state index is 5.30. The summed E-state index contributed by atoms with van der Waals surface area (Å²) in [6.07, 6.45) is 6.51. The van der Waals surface area contributed by atoms with Crippen molar-refractivity contribution in [3.8, 4) is 11.5 Å². The monoisotopic (exact) mass is 265 g/mol. The molecule has 3 nitrogen and oxygen atoms in total. The summed E-state index contributed by atoms with van der Waals surface area (Å²) in [5.74, 6) is 1.68. The van der Waals surface area contributed by atoms with Gasteiger partial charge in [-0.15, -0.1) is 0 Å². The SMILES string of the molecule is CCCCCCCN(C)c1cc(OC)cc(OC)c1. The molecular weight excluding hydrogens is 238 g/mol. The van der Waals surface area contributed by atoms with Crippen LogP contribution in [0.25, 0.3) is 0 Å². The Hall–Kier alpha value is -1.38. The molecule has 0 spiro atoms. The topological polar surface area (TPSA) is 21.7 Å². The number of unbranched alkanes of at least 4 members (excludes halogenated alkanes) is 4. The molecule has 0 radical (unpaired) electrons. The minimum absolute atomic E-state index is 0.840. The van der Waals surface area contributed by atoms with Crippen LogP contribution >= 0.6 is 0 Å². The Morgan fingerprint density at radius 3 is 2.00 bits per heavy atom. The van der Waals surface area contributed by atoms with Gasteiger partial charge in [0.25, 0.3) is 0 Å². The molecule has 0 heterocycles. The van der Waals surface area contributed by atoms with Gasteiger partial charge in [0.15, 0.2) is 0 Å². The average molecular weight is 265 g/mol. The number of nitrogens with zero attached hydrogens (tertiary/aromatic N) is 1. The second kappa shape index (κ2) is 8.68. The van der Waals surface area contributed by atoms with Crippen molar-refractivity contribution in [3.63, 3.8) is 0 Å². The summed E-state index contributed by atoms with van der Waals surface area (Å²) in [7, 11) is 5.49. The molecule has 108 valence electrons. The Balaban J connectivity index is 2.53. The zero-order valence-corrected chi connectivity index (χ0v) is 12.7. The first kappa shape index (κ1) is 15.7. The number of anilines is 1. The minimum atomic E-state index is 0.840. The first-order valence-corrected chi connectivity index (χ1v) is 7.15. The fourth-order valence-corrected chi connectivity index (χ4v) is 2.09. The second-order valence-electron chi connectivity index (χ2n) is 4.91. The van der Waals surface area contributed by atoms with Gasteiger partial charge in [-0.2, -0.15) is 0 Å². The fraction of sp³-hybridized carbons (Fsp3) is 0.625. The van der Waals surface area contributed by atoms with E-state index in [1.54, 1.807) is 14.2 Å². The van der Waals surface area contributed by atoms with Gasteiger partial charge in [-0.05, 0) is 6.42 Å². The van der Waals surface area contributed by atoms with E-state index in [1.807, 2.05) is 6.07 Å². The smallest absolute Gasteiger partial charge is 0.124 e. The summed E-state index contributed by atoms with van der Waals surface area (Å²) >= 11 is 0. The molecule has 0 bridgehead atoms. The van der Waals surface area contributed by atoms with Crippen LogP contribution in [0.5, 0.6) is 11.5 Å². The van der Waals surface area contributed by atoms with E-state index in [-0.39, 0.29) is 0 Å². The summed E-state index contributed by atoms with van der Waals surface area (Å²) in [4.78, 5) is 2.26. The van der Waals surface area contributed by atoms with Crippen molar-refractivity contribution in [3.05, 3.63) is 18.2 Å². The van der Waals surface area contributed by atoms with Gasteiger partial charge in [0.2, 0.25) is 0 Å². The van der Waals surface area contributed by atoms with Gasteiger partial charge < -0.3 is 14.4 Å². The highest BCUT2D eigenvalue weighted by Gasteiger charge is 2.06. The second-order valence-corrected chi connectivity index (χ2v) is 4.91. The van der Waals surface area contributed by atoms with Gasteiger partial charge in [0.05, 0.1) is 14.2 Å². The Labute approximate surface area is 117 Å². The number of hydrogen-bond acceptors (Lipinski definition) is 3. The van der Waals surface area contributed by atoms with Crippen LogP contribution in [0.2, 0.25) is 0 Å². The zero-order valence-electron chi connectivity index (χ0n) is 12.7. The van der Waals surface area contributed by atoms with Crippen LogP contribution in [0, 0.1) is 0 Å². The Morgan fingerprint density at radius 1 is 0.895 bits per heavy atom. The van der Waals surface area contributed by atoms with E-state index >= 15 is 0 Å². The van der Waals surface area contributed by atoms with Gasteiger partial charge >= 0.3 is 0 Å². The molecule has 0 saturated heterocycles. The first-order chi connectivity index (χ1) is 9.21. The maximum absolute atomic E-state index is 5.30. The van der Waals surface area contributed by atoms with Gasteiger partial charge in [-0.1, -0.05) is 32.6 Å². The number of rotatable bonds is 9. The van der Waals surface area contributed by atoms with Crippen LogP contribution in [-0.4, -0.2) is 27.8 Å². The van der Waals surface area contributed by atoms with E-state index in [1.165, 1.54) is 32.1 Å². The molecule has 3 heteroatoms. The third kappa shape index (κ3) is 5.41. The van der Waals surface area contributed by atoms with Crippen LogP contribution in [0.3, 0.4) is 0 Å². The highest BCUT2D eigenvalue weighted by molar-refractivity contribution is 5.55. The average Bonchev–Trinajstić information content (AvgIpc) is 2.46. The van der Waals surface area contributed by atoms with Crippen molar-refractivity contribution < 1.29 is 9.47 Å². The number of benzene rings is 1. The molecular formula is C16H27NO2. The molecule has 1 rings (SSSR count). The lowest BCUT2D eigenvalue weighted by molar-refractivity contribution is 0.394. The molecule has 1 aromatic carbocycles. The highest BCUT2D eigenvalue weighted by Crippen LogP contribution is 2.27. The quantitative estimate of drug-likeness (QED) is 0.627. The molecule has 0 atom stereocenters. The van der Waals surface area contributed by atoms with Crippen molar-refractivity contribution in [1.29, 1.82) is 0 Å². The van der Waals surface area contributed by atoms with Crippen LogP contribution in [0.1, 0.15) is 39.0 Å². The molecule has 0 fully saturated rings. The van der Waals surface area contributed by atoms with Crippen molar-refractivity contribution in [2.75, 3.05) is 32.7 Å². The van der Waals surface area contributed by atoms with E-state index < -0.39 is 0 Å². The normalized spacial score (nSPS) is 10.3. The van der Waals surface area contributed by atoms with Crippen molar-refractivity contribution in [2.45, 2.75) is 39.0 Å². The standard InChI is InChI=1S/C16H27NO2/c1-5-6-7-8-9-10-17(2)14-11-15(18-3)13-16(12-14)19-4/h11-13H,5-10H2,1-4H3. The van der Waals surface area contributed by atoms with Crippen LogP contribution in [0.4, 0.5) is 5.69 Å². The number of ether oxygens (including phenoxy) is 2. The summed E-state index contributed by atoms with van der Waals surface area (Å²) in [6, 6.07) is 6.00. The third-order valence-electron chi connectivity index (χ3n) is 3.37. The van der Waals surface area contributed by atoms with Crippen molar-refractivity contribution >= 4 is 5.69 Å². The van der Waals surface area contributed by atoms with E-state index in [4.69, 9.17) is 9.47 Å². The molecule has 0 aliphatic carbocycles. The lowest BCUT2D eigenvalue weighted by Gasteiger charge is -2.20. The van der Waals surface area contributed by atoms with Crippen molar-refractivity contribution in [1.82, 2.24) is 0 Å². The van der Waals surface area contributed by atoms with Crippen LogP contribution in [-0.2, 0) is 0 Å².